The first-order valence-electron chi connectivity index (χ1n) is 15.2. The van der Waals surface area contributed by atoms with Gasteiger partial charge >= 0.3 is 0 Å². The highest BCUT2D eigenvalue weighted by atomic mass is 14.3. The summed E-state index contributed by atoms with van der Waals surface area (Å²) in [5, 5.41) is 19.2. The van der Waals surface area contributed by atoms with Crippen LogP contribution in [0.3, 0.4) is 0 Å². The largest absolute Gasteiger partial charge is 0.192 e. The molecular weight excluding hydrogens is 556 g/mol. The first-order chi connectivity index (χ1) is 22.7. The van der Waals surface area contributed by atoms with Crippen LogP contribution in [0.2, 0.25) is 0 Å². The van der Waals surface area contributed by atoms with Gasteiger partial charge in [-0.25, -0.2) is 0 Å². The van der Waals surface area contributed by atoms with E-state index in [1.165, 1.54) is 0 Å². The summed E-state index contributed by atoms with van der Waals surface area (Å²) < 4.78 is 0. The molecule has 46 heavy (non-hydrogen) atoms. The lowest BCUT2D eigenvalue weighted by Crippen LogP contribution is -1.90. The molecule has 0 saturated carbocycles. The second kappa shape index (κ2) is 12.6. The maximum atomic E-state index is 10.1. The van der Waals surface area contributed by atoms with Crippen molar-refractivity contribution in [1.29, 1.82) is 10.5 Å². The molecule has 0 saturated heterocycles. The van der Waals surface area contributed by atoms with Crippen molar-refractivity contribution < 1.29 is 0 Å². The third-order valence-electron chi connectivity index (χ3n) is 8.41. The van der Waals surface area contributed by atoms with Crippen LogP contribution in [0, 0.1) is 22.7 Å². The fourth-order valence-corrected chi connectivity index (χ4v) is 5.96. The molecule has 0 atom stereocenters. The molecule has 0 radical (unpaired) electrons. The summed E-state index contributed by atoms with van der Waals surface area (Å²) in [6, 6.07) is 62.8. The number of hydrogen-bond acceptors (Lipinski definition) is 2. The molecule has 7 aromatic rings. The van der Waals surface area contributed by atoms with Crippen molar-refractivity contribution in [1.82, 2.24) is 0 Å². The molecule has 214 valence electrons. The number of hydrogen-bond donors (Lipinski definition) is 0. The summed E-state index contributed by atoms with van der Waals surface area (Å²) in [5.74, 6) is 0. The molecule has 0 aliphatic heterocycles. The molecule has 0 spiro atoms. The monoisotopic (exact) mass is 584 g/mol. The summed E-state index contributed by atoms with van der Waals surface area (Å²) in [4.78, 5) is 0. The Morgan fingerprint density at radius 2 is 0.630 bits per heavy atom. The van der Waals surface area contributed by atoms with Crippen molar-refractivity contribution in [2.24, 2.45) is 0 Å². The second-order valence-electron chi connectivity index (χ2n) is 11.2. The van der Waals surface area contributed by atoms with E-state index >= 15 is 0 Å². The Balaban J connectivity index is 1.14. The van der Waals surface area contributed by atoms with Crippen molar-refractivity contribution >= 4 is 0 Å². The zero-order valence-corrected chi connectivity index (χ0v) is 25.1. The van der Waals surface area contributed by atoms with Crippen LogP contribution in [-0.4, -0.2) is 0 Å². The van der Waals surface area contributed by atoms with E-state index in [2.05, 4.69) is 109 Å². The Morgan fingerprint density at radius 3 is 1.09 bits per heavy atom. The first-order valence-corrected chi connectivity index (χ1v) is 15.2. The maximum absolute atomic E-state index is 10.1. The van der Waals surface area contributed by atoms with E-state index in [-0.39, 0.29) is 0 Å². The Bertz CT molecular complexity index is 2230. The molecule has 0 aromatic heterocycles. The third-order valence-corrected chi connectivity index (χ3v) is 8.41. The van der Waals surface area contributed by atoms with E-state index in [1.54, 1.807) is 0 Å². The minimum absolute atomic E-state index is 0.664. The molecule has 0 bridgehead atoms. The van der Waals surface area contributed by atoms with Gasteiger partial charge in [0.25, 0.3) is 0 Å². The van der Waals surface area contributed by atoms with Gasteiger partial charge in [-0.3, -0.25) is 0 Å². The van der Waals surface area contributed by atoms with E-state index < -0.39 is 0 Å². The molecule has 0 aliphatic rings. The van der Waals surface area contributed by atoms with Crippen LogP contribution < -0.4 is 0 Å². The molecule has 2 nitrogen and oxygen atoms in total. The van der Waals surface area contributed by atoms with Gasteiger partial charge in [0.2, 0.25) is 0 Å². The maximum Gasteiger partial charge on any atom is 0.100 e. The van der Waals surface area contributed by atoms with Crippen molar-refractivity contribution in [3.63, 3.8) is 0 Å². The van der Waals surface area contributed by atoms with Crippen molar-refractivity contribution in [2.75, 3.05) is 0 Å². The molecule has 0 amide bonds. The molecule has 0 unspecified atom stereocenters. The normalized spacial score (nSPS) is 10.6. The number of rotatable bonds is 6. The van der Waals surface area contributed by atoms with Crippen molar-refractivity contribution in [3.05, 3.63) is 181 Å². The van der Waals surface area contributed by atoms with E-state index in [9.17, 15) is 5.26 Å². The second-order valence-corrected chi connectivity index (χ2v) is 11.2. The van der Waals surface area contributed by atoms with Gasteiger partial charge in [-0.2, -0.15) is 10.5 Å². The summed E-state index contributed by atoms with van der Waals surface area (Å²) >= 11 is 0. The third kappa shape index (κ3) is 5.72. The molecule has 7 aromatic carbocycles. The van der Waals surface area contributed by atoms with E-state index in [1.807, 2.05) is 72.8 Å². The lowest BCUT2D eigenvalue weighted by Gasteiger charge is -2.12. The Kier molecular flexibility index (Phi) is 7.77. The summed E-state index contributed by atoms with van der Waals surface area (Å²) in [7, 11) is 0. The highest BCUT2D eigenvalue weighted by Gasteiger charge is 2.12. The van der Waals surface area contributed by atoms with Gasteiger partial charge in [0.1, 0.15) is 6.07 Å². The molecule has 0 N–H and O–H groups in total. The van der Waals surface area contributed by atoms with Crippen LogP contribution in [0.1, 0.15) is 11.1 Å². The Hall–Kier alpha value is -6.48. The number of nitriles is 2. The van der Waals surface area contributed by atoms with Crippen LogP contribution in [0.5, 0.6) is 0 Å². The SMILES string of the molecule is N#Cc1ccc(-c2ccc(-c3cccc(-c4cccc(-c5ccc(-c6cccc(-c7ccccc7)c6C#N)cc5)c4)c3)cc2)cc1. The minimum Gasteiger partial charge on any atom is -0.192 e. The zero-order valence-electron chi connectivity index (χ0n) is 25.1. The Morgan fingerprint density at radius 1 is 0.283 bits per heavy atom. The number of benzene rings is 7. The summed E-state index contributed by atoms with van der Waals surface area (Å²) in [6.45, 7) is 0. The zero-order chi connectivity index (χ0) is 31.3. The van der Waals surface area contributed by atoms with Gasteiger partial charge in [0.05, 0.1) is 17.2 Å². The lowest BCUT2D eigenvalue weighted by atomic mass is 9.91. The molecule has 0 aliphatic carbocycles. The summed E-state index contributed by atoms with van der Waals surface area (Å²) in [5.41, 5.74) is 14.4. The van der Waals surface area contributed by atoms with Crippen LogP contribution in [0.4, 0.5) is 0 Å². The highest BCUT2D eigenvalue weighted by Crippen LogP contribution is 2.35. The predicted molar refractivity (Wildman–Crippen MR) is 188 cm³/mol. The van der Waals surface area contributed by atoms with Gasteiger partial charge in [-0.05, 0) is 79.9 Å². The first kappa shape index (κ1) is 28.3. The van der Waals surface area contributed by atoms with Crippen LogP contribution in [-0.2, 0) is 0 Å². The van der Waals surface area contributed by atoms with E-state index in [4.69, 9.17) is 5.26 Å². The lowest BCUT2D eigenvalue weighted by molar-refractivity contribution is 1.47. The topological polar surface area (TPSA) is 47.6 Å². The van der Waals surface area contributed by atoms with Gasteiger partial charge in [-0.15, -0.1) is 0 Å². The molecule has 0 fully saturated rings. The number of nitrogens with zero attached hydrogens (tertiary/aromatic N) is 2. The van der Waals surface area contributed by atoms with Crippen molar-refractivity contribution in [2.45, 2.75) is 0 Å². The molecular formula is C44H28N2. The molecule has 2 heteroatoms. The van der Waals surface area contributed by atoms with Crippen LogP contribution >= 0.6 is 0 Å². The van der Waals surface area contributed by atoms with Crippen LogP contribution in [0.15, 0.2) is 170 Å². The van der Waals surface area contributed by atoms with Crippen LogP contribution in [0.25, 0.3) is 66.8 Å². The standard InChI is InChI=1S/C44H28N2/c45-29-31-15-17-32(18-16-31)33-19-21-34(22-20-33)38-9-4-11-40(27-38)41-12-5-10-39(28-41)35-23-25-37(26-24-35)43-14-6-13-42(44(43)30-46)36-7-2-1-3-8-36/h1-28H. The predicted octanol–water partition coefficient (Wildman–Crippen LogP) is 11.4. The fourth-order valence-electron chi connectivity index (χ4n) is 5.96. The summed E-state index contributed by atoms with van der Waals surface area (Å²) in [6.07, 6.45) is 0. The van der Waals surface area contributed by atoms with E-state index in [0.717, 1.165) is 66.8 Å². The molecule has 7 rings (SSSR count). The Labute approximate surface area is 269 Å². The average molecular weight is 585 g/mol. The van der Waals surface area contributed by atoms with Gasteiger partial charge in [-0.1, -0.05) is 146 Å². The smallest absolute Gasteiger partial charge is 0.100 e. The minimum atomic E-state index is 0.664. The van der Waals surface area contributed by atoms with Gasteiger partial charge in [0, 0.05) is 11.1 Å². The van der Waals surface area contributed by atoms with Crippen molar-refractivity contribution in [3.8, 4) is 78.9 Å². The highest BCUT2D eigenvalue weighted by molar-refractivity contribution is 5.83. The molecule has 0 heterocycles. The van der Waals surface area contributed by atoms with Gasteiger partial charge < -0.3 is 0 Å². The fraction of sp³-hybridized carbons (Fsp3) is 0. The van der Waals surface area contributed by atoms with E-state index in [0.29, 0.717) is 11.1 Å². The van der Waals surface area contributed by atoms with Gasteiger partial charge in [0.15, 0.2) is 0 Å². The average Bonchev–Trinajstić information content (AvgIpc) is 3.15. The quantitative estimate of drug-likeness (QED) is 0.195.